The highest BCUT2D eigenvalue weighted by molar-refractivity contribution is 5.98. The summed E-state index contributed by atoms with van der Waals surface area (Å²) in [4.78, 5) is 22.5. The van der Waals surface area contributed by atoms with Crippen LogP contribution in [0.15, 0.2) is 11.6 Å². The van der Waals surface area contributed by atoms with Gasteiger partial charge in [0.1, 0.15) is 6.10 Å². The fourth-order valence-corrected chi connectivity index (χ4v) is 1.83. The second-order valence-corrected chi connectivity index (χ2v) is 4.20. The van der Waals surface area contributed by atoms with Gasteiger partial charge in [-0.2, -0.15) is 0 Å². The Balaban J connectivity index is 2.77. The van der Waals surface area contributed by atoms with Crippen molar-refractivity contribution in [2.75, 3.05) is 0 Å². The monoisotopic (exact) mass is 196 g/mol. The summed E-state index contributed by atoms with van der Waals surface area (Å²) in [6.45, 7) is 6.89. The molecule has 1 aliphatic rings. The lowest BCUT2D eigenvalue weighted by molar-refractivity contribution is -0.153. The average Bonchev–Trinajstić information content (AvgIpc) is 2.25. The van der Waals surface area contributed by atoms with Gasteiger partial charge in [0.2, 0.25) is 0 Å². The molecular weight excluding hydrogens is 180 g/mol. The van der Waals surface area contributed by atoms with E-state index in [1.165, 1.54) is 6.92 Å². The van der Waals surface area contributed by atoms with Crippen LogP contribution in [0.1, 0.15) is 34.1 Å². The summed E-state index contributed by atoms with van der Waals surface area (Å²) in [6.07, 6.45) is 1.96. The molecule has 3 nitrogen and oxygen atoms in total. The van der Waals surface area contributed by atoms with Gasteiger partial charge in [0.25, 0.3) is 0 Å². The first-order valence-electron chi connectivity index (χ1n) is 4.75. The molecule has 2 atom stereocenters. The van der Waals surface area contributed by atoms with Gasteiger partial charge in [-0.05, 0) is 33.3 Å². The standard InChI is InChI=1S/C11H16O3/c1-7-5-10(13)11(4,6-7)8(2)14-9(3)12/h5,8H,6H2,1-4H3. The highest BCUT2D eigenvalue weighted by Crippen LogP contribution is 2.38. The third-order valence-electron chi connectivity index (χ3n) is 2.83. The van der Waals surface area contributed by atoms with Crippen LogP contribution in [-0.2, 0) is 14.3 Å². The lowest BCUT2D eigenvalue weighted by Gasteiger charge is -2.29. The van der Waals surface area contributed by atoms with Gasteiger partial charge in [-0.3, -0.25) is 9.59 Å². The molecule has 0 fully saturated rings. The lowest BCUT2D eigenvalue weighted by Crippen LogP contribution is -2.37. The summed E-state index contributed by atoms with van der Waals surface area (Å²) in [6, 6.07) is 0. The first-order chi connectivity index (χ1) is 6.36. The highest BCUT2D eigenvalue weighted by atomic mass is 16.5. The van der Waals surface area contributed by atoms with Crippen LogP contribution in [-0.4, -0.2) is 17.9 Å². The summed E-state index contributed by atoms with van der Waals surface area (Å²) >= 11 is 0. The third-order valence-corrected chi connectivity index (χ3v) is 2.83. The van der Waals surface area contributed by atoms with E-state index in [1.807, 2.05) is 13.8 Å². The molecule has 0 spiro atoms. The van der Waals surface area contributed by atoms with E-state index in [2.05, 4.69) is 0 Å². The molecule has 0 amide bonds. The molecule has 0 aromatic carbocycles. The predicted octanol–water partition coefficient (Wildman–Crippen LogP) is 1.86. The minimum Gasteiger partial charge on any atom is -0.462 e. The Kier molecular flexibility index (Phi) is 2.79. The minimum absolute atomic E-state index is 0.0590. The van der Waals surface area contributed by atoms with E-state index in [1.54, 1.807) is 13.0 Å². The third kappa shape index (κ3) is 1.86. The molecular formula is C11H16O3. The lowest BCUT2D eigenvalue weighted by atomic mass is 9.81. The Bertz CT molecular complexity index is 304. The number of rotatable bonds is 2. The second-order valence-electron chi connectivity index (χ2n) is 4.20. The summed E-state index contributed by atoms with van der Waals surface area (Å²) in [7, 11) is 0. The molecule has 0 saturated heterocycles. The van der Waals surface area contributed by atoms with Crippen LogP contribution >= 0.6 is 0 Å². The van der Waals surface area contributed by atoms with Crippen molar-refractivity contribution in [1.29, 1.82) is 0 Å². The van der Waals surface area contributed by atoms with Crippen molar-refractivity contribution in [2.24, 2.45) is 5.41 Å². The maximum Gasteiger partial charge on any atom is 0.302 e. The first-order valence-corrected chi connectivity index (χ1v) is 4.75. The Labute approximate surface area is 84.1 Å². The van der Waals surface area contributed by atoms with Crippen LogP contribution in [0.3, 0.4) is 0 Å². The van der Waals surface area contributed by atoms with Crippen LogP contribution in [0.25, 0.3) is 0 Å². The summed E-state index contributed by atoms with van der Waals surface area (Å²) in [5.74, 6) is -0.278. The SMILES string of the molecule is CC(=O)OC(C)C1(C)CC(C)=CC1=O. The van der Waals surface area contributed by atoms with E-state index < -0.39 is 5.41 Å². The number of ketones is 1. The van der Waals surface area contributed by atoms with Crippen LogP contribution in [0.2, 0.25) is 0 Å². The molecule has 0 bridgehead atoms. The van der Waals surface area contributed by atoms with Crippen molar-refractivity contribution >= 4 is 11.8 Å². The van der Waals surface area contributed by atoms with Gasteiger partial charge in [-0.25, -0.2) is 0 Å². The summed E-state index contributed by atoms with van der Waals surface area (Å²) < 4.78 is 5.06. The zero-order chi connectivity index (χ0) is 10.9. The quantitative estimate of drug-likeness (QED) is 0.633. The Morgan fingerprint density at radius 1 is 1.64 bits per heavy atom. The van der Waals surface area contributed by atoms with Gasteiger partial charge in [0, 0.05) is 6.92 Å². The fourth-order valence-electron chi connectivity index (χ4n) is 1.83. The Hall–Kier alpha value is -1.12. The maximum absolute atomic E-state index is 11.7. The molecule has 0 saturated carbocycles. The van der Waals surface area contributed by atoms with Crippen molar-refractivity contribution in [2.45, 2.75) is 40.2 Å². The van der Waals surface area contributed by atoms with Crippen LogP contribution in [0, 0.1) is 5.41 Å². The fraction of sp³-hybridized carbons (Fsp3) is 0.636. The van der Waals surface area contributed by atoms with Crippen molar-refractivity contribution in [3.63, 3.8) is 0 Å². The van der Waals surface area contributed by atoms with Crippen LogP contribution in [0.4, 0.5) is 0 Å². The van der Waals surface area contributed by atoms with Gasteiger partial charge < -0.3 is 4.74 Å². The van der Waals surface area contributed by atoms with Crippen LogP contribution < -0.4 is 0 Å². The smallest absolute Gasteiger partial charge is 0.302 e. The predicted molar refractivity (Wildman–Crippen MR) is 52.7 cm³/mol. The van der Waals surface area contributed by atoms with Gasteiger partial charge >= 0.3 is 5.97 Å². The Morgan fingerprint density at radius 3 is 2.57 bits per heavy atom. The molecule has 1 rings (SSSR count). The molecule has 0 aliphatic heterocycles. The first kappa shape index (κ1) is 11.0. The zero-order valence-electron chi connectivity index (χ0n) is 9.09. The van der Waals surface area contributed by atoms with E-state index in [-0.39, 0.29) is 17.9 Å². The molecule has 78 valence electrons. The van der Waals surface area contributed by atoms with Gasteiger partial charge in [-0.15, -0.1) is 0 Å². The number of esters is 1. The number of allylic oxidation sites excluding steroid dienone is 2. The molecule has 0 N–H and O–H groups in total. The summed E-state index contributed by atoms with van der Waals surface area (Å²) in [5, 5.41) is 0. The largest absolute Gasteiger partial charge is 0.462 e. The van der Waals surface area contributed by atoms with Crippen molar-refractivity contribution < 1.29 is 14.3 Å². The molecule has 0 heterocycles. The van der Waals surface area contributed by atoms with Crippen LogP contribution in [0.5, 0.6) is 0 Å². The number of hydrogen-bond acceptors (Lipinski definition) is 3. The van der Waals surface area contributed by atoms with E-state index in [0.29, 0.717) is 6.42 Å². The minimum atomic E-state index is -0.560. The molecule has 2 unspecified atom stereocenters. The molecule has 14 heavy (non-hydrogen) atoms. The van der Waals surface area contributed by atoms with Crippen molar-refractivity contribution in [3.05, 3.63) is 11.6 Å². The topological polar surface area (TPSA) is 43.4 Å². The van der Waals surface area contributed by atoms with Gasteiger partial charge in [-0.1, -0.05) is 5.57 Å². The van der Waals surface area contributed by atoms with E-state index in [0.717, 1.165) is 5.57 Å². The van der Waals surface area contributed by atoms with Crippen molar-refractivity contribution in [1.82, 2.24) is 0 Å². The molecule has 3 heteroatoms. The normalized spacial score (nSPS) is 28.6. The second kappa shape index (κ2) is 3.56. The van der Waals surface area contributed by atoms with Gasteiger partial charge in [0.15, 0.2) is 5.78 Å². The number of carbonyl (C=O) groups excluding carboxylic acids is 2. The maximum atomic E-state index is 11.7. The highest BCUT2D eigenvalue weighted by Gasteiger charge is 2.43. The zero-order valence-corrected chi connectivity index (χ0v) is 9.09. The van der Waals surface area contributed by atoms with Crippen molar-refractivity contribution in [3.8, 4) is 0 Å². The molecule has 0 radical (unpaired) electrons. The number of carbonyl (C=O) groups is 2. The van der Waals surface area contributed by atoms with Gasteiger partial charge in [0.05, 0.1) is 5.41 Å². The average molecular weight is 196 g/mol. The number of hydrogen-bond donors (Lipinski definition) is 0. The summed E-state index contributed by atoms with van der Waals surface area (Å²) in [5.41, 5.74) is 0.493. The Morgan fingerprint density at radius 2 is 2.21 bits per heavy atom. The molecule has 0 aromatic heterocycles. The van der Waals surface area contributed by atoms with E-state index >= 15 is 0 Å². The van der Waals surface area contributed by atoms with E-state index in [9.17, 15) is 9.59 Å². The number of ether oxygens (including phenoxy) is 1. The molecule has 1 aliphatic carbocycles. The molecule has 0 aromatic rings. The van der Waals surface area contributed by atoms with E-state index in [4.69, 9.17) is 4.74 Å².